The van der Waals surface area contributed by atoms with Crippen molar-refractivity contribution in [2.24, 2.45) is 0 Å². The number of halogens is 2. The van der Waals surface area contributed by atoms with E-state index in [0.29, 0.717) is 12.3 Å². The third kappa shape index (κ3) is 3.31. The zero-order chi connectivity index (χ0) is 10.6. The van der Waals surface area contributed by atoms with Gasteiger partial charge in [-0.3, -0.25) is 4.79 Å². The molecule has 0 aromatic heterocycles. The van der Waals surface area contributed by atoms with E-state index in [4.69, 9.17) is 16.7 Å². The number of carboxylic acid groups (broad SMARTS) is 1. The number of hydrogen-bond acceptors (Lipinski definition) is 1. The van der Waals surface area contributed by atoms with E-state index in [1.165, 1.54) is 0 Å². The van der Waals surface area contributed by atoms with Crippen LogP contribution >= 0.6 is 27.5 Å². The van der Waals surface area contributed by atoms with E-state index in [1.807, 2.05) is 18.2 Å². The van der Waals surface area contributed by atoms with Gasteiger partial charge in [0.2, 0.25) is 0 Å². The average Bonchev–Trinajstić information content (AvgIpc) is 2.16. The number of hydrogen-bond donors (Lipinski definition) is 1. The minimum absolute atomic E-state index is 0.156. The van der Waals surface area contributed by atoms with E-state index in [2.05, 4.69) is 15.9 Å². The average molecular weight is 278 g/mol. The van der Waals surface area contributed by atoms with Gasteiger partial charge in [-0.15, -0.1) is 11.6 Å². The van der Waals surface area contributed by atoms with Crippen LogP contribution in [0.15, 0.2) is 22.7 Å². The first kappa shape index (κ1) is 11.5. The summed E-state index contributed by atoms with van der Waals surface area (Å²) >= 11 is 9.09. The van der Waals surface area contributed by atoms with Crippen molar-refractivity contribution in [3.8, 4) is 0 Å². The Morgan fingerprint density at radius 3 is 2.79 bits per heavy atom. The van der Waals surface area contributed by atoms with Crippen LogP contribution in [0.2, 0.25) is 0 Å². The van der Waals surface area contributed by atoms with Crippen LogP contribution in [0.3, 0.4) is 0 Å². The van der Waals surface area contributed by atoms with Crippen LogP contribution in [0.1, 0.15) is 17.5 Å². The third-order valence-electron chi connectivity index (χ3n) is 1.88. The van der Waals surface area contributed by atoms with Gasteiger partial charge in [0.05, 0.1) is 0 Å². The van der Waals surface area contributed by atoms with E-state index >= 15 is 0 Å². The Hall–Kier alpha value is -0.540. The Bertz CT molecular complexity index is 339. The second-order valence-electron chi connectivity index (χ2n) is 2.95. The minimum Gasteiger partial charge on any atom is -0.481 e. The highest BCUT2D eigenvalue weighted by atomic mass is 79.9. The summed E-state index contributed by atoms with van der Waals surface area (Å²) in [5.74, 6) is -0.345. The van der Waals surface area contributed by atoms with Crippen LogP contribution in [0, 0.1) is 0 Å². The lowest BCUT2D eigenvalue weighted by Crippen LogP contribution is -1.97. The van der Waals surface area contributed by atoms with E-state index < -0.39 is 5.97 Å². The molecular weight excluding hydrogens is 267 g/mol. The lowest BCUT2D eigenvalue weighted by atomic mass is 10.1. The van der Waals surface area contributed by atoms with Gasteiger partial charge in [-0.05, 0) is 23.6 Å². The fraction of sp³-hybridized carbons (Fsp3) is 0.300. The molecule has 0 heterocycles. The van der Waals surface area contributed by atoms with Gasteiger partial charge in [0.25, 0.3) is 0 Å². The van der Waals surface area contributed by atoms with E-state index in [0.717, 1.165) is 15.6 Å². The Morgan fingerprint density at radius 2 is 2.21 bits per heavy atom. The molecule has 0 saturated carbocycles. The summed E-state index contributed by atoms with van der Waals surface area (Å²) in [7, 11) is 0. The fourth-order valence-corrected chi connectivity index (χ4v) is 1.91. The van der Waals surface area contributed by atoms with Crippen LogP contribution < -0.4 is 0 Å². The Labute approximate surface area is 96.0 Å². The van der Waals surface area contributed by atoms with Crippen molar-refractivity contribution in [3.05, 3.63) is 33.8 Å². The molecule has 0 amide bonds. The van der Waals surface area contributed by atoms with Crippen molar-refractivity contribution in [2.75, 3.05) is 0 Å². The molecule has 0 bridgehead atoms. The summed E-state index contributed by atoms with van der Waals surface area (Å²) in [6, 6.07) is 5.73. The SMILES string of the molecule is O=C(O)CCc1ccc(Br)c(CCl)c1. The molecule has 0 spiro atoms. The Balaban J connectivity index is 2.74. The summed E-state index contributed by atoms with van der Waals surface area (Å²) in [6.45, 7) is 0. The maximum atomic E-state index is 10.4. The van der Waals surface area contributed by atoms with Crippen LogP contribution in [-0.2, 0) is 17.1 Å². The molecule has 0 saturated heterocycles. The van der Waals surface area contributed by atoms with Crippen LogP contribution in [-0.4, -0.2) is 11.1 Å². The number of carbonyl (C=O) groups is 1. The maximum Gasteiger partial charge on any atom is 0.303 e. The maximum absolute atomic E-state index is 10.4. The van der Waals surface area contributed by atoms with Crippen LogP contribution in [0.5, 0.6) is 0 Å². The number of rotatable bonds is 4. The molecule has 0 aliphatic rings. The van der Waals surface area contributed by atoms with Crippen LogP contribution in [0.25, 0.3) is 0 Å². The van der Waals surface area contributed by atoms with Gasteiger partial charge in [0, 0.05) is 16.8 Å². The topological polar surface area (TPSA) is 37.3 Å². The number of carboxylic acids is 1. The zero-order valence-corrected chi connectivity index (χ0v) is 9.81. The normalized spacial score (nSPS) is 10.1. The van der Waals surface area contributed by atoms with E-state index in [1.54, 1.807) is 0 Å². The predicted octanol–water partition coefficient (Wildman–Crippen LogP) is 3.21. The number of aryl methyl sites for hydroxylation is 1. The van der Waals surface area contributed by atoms with Crippen molar-refractivity contribution in [1.82, 2.24) is 0 Å². The summed E-state index contributed by atoms with van der Waals surface area (Å²) in [5, 5.41) is 8.52. The van der Waals surface area contributed by atoms with Crippen molar-refractivity contribution >= 4 is 33.5 Å². The molecule has 0 fully saturated rings. The Morgan fingerprint density at radius 1 is 1.50 bits per heavy atom. The minimum atomic E-state index is -0.777. The molecular formula is C10H10BrClO2. The highest BCUT2D eigenvalue weighted by Gasteiger charge is 2.02. The summed E-state index contributed by atoms with van der Waals surface area (Å²) < 4.78 is 0.964. The summed E-state index contributed by atoms with van der Waals surface area (Å²) in [6.07, 6.45) is 0.704. The van der Waals surface area contributed by atoms with Gasteiger partial charge in [0.1, 0.15) is 0 Å². The van der Waals surface area contributed by atoms with E-state index in [9.17, 15) is 4.79 Å². The lowest BCUT2D eigenvalue weighted by molar-refractivity contribution is -0.136. The first-order valence-electron chi connectivity index (χ1n) is 4.18. The Kier molecular flexibility index (Phi) is 4.42. The van der Waals surface area contributed by atoms with Crippen molar-refractivity contribution in [3.63, 3.8) is 0 Å². The van der Waals surface area contributed by atoms with Crippen molar-refractivity contribution < 1.29 is 9.90 Å². The van der Waals surface area contributed by atoms with Gasteiger partial charge < -0.3 is 5.11 Å². The smallest absolute Gasteiger partial charge is 0.303 e. The fourth-order valence-electron chi connectivity index (χ4n) is 1.14. The highest BCUT2D eigenvalue weighted by Crippen LogP contribution is 2.20. The molecule has 76 valence electrons. The second-order valence-corrected chi connectivity index (χ2v) is 4.07. The number of aliphatic carboxylic acids is 1. The number of benzene rings is 1. The molecule has 2 nitrogen and oxygen atoms in total. The molecule has 1 rings (SSSR count). The first-order valence-corrected chi connectivity index (χ1v) is 5.51. The molecule has 4 heteroatoms. The molecule has 1 N–H and O–H groups in total. The third-order valence-corrected chi connectivity index (χ3v) is 2.94. The zero-order valence-electron chi connectivity index (χ0n) is 7.46. The van der Waals surface area contributed by atoms with Gasteiger partial charge in [0.15, 0.2) is 0 Å². The van der Waals surface area contributed by atoms with Gasteiger partial charge >= 0.3 is 5.97 Å². The van der Waals surface area contributed by atoms with Gasteiger partial charge in [-0.25, -0.2) is 0 Å². The summed E-state index contributed by atoms with van der Waals surface area (Å²) in [5.41, 5.74) is 2.00. The second kappa shape index (κ2) is 5.37. The van der Waals surface area contributed by atoms with Crippen molar-refractivity contribution in [1.29, 1.82) is 0 Å². The largest absolute Gasteiger partial charge is 0.481 e. The molecule has 1 aromatic rings. The van der Waals surface area contributed by atoms with E-state index in [-0.39, 0.29) is 6.42 Å². The first-order chi connectivity index (χ1) is 6.63. The molecule has 0 unspecified atom stereocenters. The predicted molar refractivity (Wildman–Crippen MR) is 59.7 cm³/mol. The van der Waals surface area contributed by atoms with Crippen molar-refractivity contribution in [2.45, 2.75) is 18.7 Å². The molecule has 0 radical (unpaired) electrons. The van der Waals surface area contributed by atoms with Gasteiger partial charge in [-0.2, -0.15) is 0 Å². The monoisotopic (exact) mass is 276 g/mol. The standard InChI is InChI=1S/C10H10BrClO2/c11-9-3-1-7(2-4-10(13)14)5-8(9)6-12/h1,3,5H,2,4,6H2,(H,13,14). The van der Waals surface area contributed by atoms with Gasteiger partial charge in [-0.1, -0.05) is 28.1 Å². The highest BCUT2D eigenvalue weighted by molar-refractivity contribution is 9.10. The molecule has 0 aliphatic heterocycles. The summed E-state index contributed by atoms with van der Waals surface area (Å²) in [4.78, 5) is 10.4. The number of alkyl halides is 1. The molecule has 0 aliphatic carbocycles. The molecule has 0 atom stereocenters. The molecule has 14 heavy (non-hydrogen) atoms. The van der Waals surface area contributed by atoms with Crippen LogP contribution in [0.4, 0.5) is 0 Å². The lowest BCUT2D eigenvalue weighted by Gasteiger charge is -2.03. The quantitative estimate of drug-likeness (QED) is 0.858. The molecule has 1 aromatic carbocycles.